The Morgan fingerprint density at radius 2 is 2.11 bits per heavy atom. The molecular formula is C15H21N3O. The van der Waals surface area contributed by atoms with E-state index in [1.807, 2.05) is 12.1 Å². The molecule has 19 heavy (non-hydrogen) atoms. The number of rotatable bonds is 3. The third kappa shape index (κ3) is 2.15. The average molecular weight is 259 g/mol. The summed E-state index contributed by atoms with van der Waals surface area (Å²) in [6.45, 7) is 3.32. The van der Waals surface area contributed by atoms with E-state index in [0.29, 0.717) is 11.4 Å². The van der Waals surface area contributed by atoms with Crippen LogP contribution in [-0.2, 0) is 6.54 Å². The summed E-state index contributed by atoms with van der Waals surface area (Å²) in [5.74, 6) is 1.43. The second-order valence-corrected chi connectivity index (χ2v) is 5.93. The van der Waals surface area contributed by atoms with Crippen LogP contribution in [0.5, 0.6) is 5.75 Å². The van der Waals surface area contributed by atoms with Crippen LogP contribution in [0.3, 0.4) is 0 Å². The molecule has 1 heterocycles. The fraction of sp³-hybridized carbons (Fsp3) is 0.533. The first-order chi connectivity index (χ1) is 9.11. The van der Waals surface area contributed by atoms with Gasteiger partial charge in [0.15, 0.2) is 0 Å². The lowest BCUT2D eigenvalue weighted by Crippen LogP contribution is -2.20. The highest BCUT2D eigenvalue weighted by atomic mass is 16.5. The molecule has 2 N–H and O–H groups in total. The molecule has 1 aromatic heterocycles. The van der Waals surface area contributed by atoms with Crippen LogP contribution in [0.2, 0.25) is 0 Å². The van der Waals surface area contributed by atoms with Gasteiger partial charge in [0, 0.05) is 12.6 Å². The van der Waals surface area contributed by atoms with Gasteiger partial charge in [-0.15, -0.1) is 0 Å². The largest absolute Gasteiger partial charge is 0.497 e. The Morgan fingerprint density at radius 1 is 1.37 bits per heavy atom. The van der Waals surface area contributed by atoms with Gasteiger partial charge in [0.05, 0.1) is 18.1 Å². The Bertz CT molecular complexity index is 597. The van der Waals surface area contributed by atoms with Crippen LogP contribution in [-0.4, -0.2) is 16.7 Å². The molecule has 1 fully saturated rings. The summed E-state index contributed by atoms with van der Waals surface area (Å²) in [4.78, 5) is 4.46. The van der Waals surface area contributed by atoms with E-state index in [1.165, 1.54) is 25.7 Å². The molecule has 102 valence electrons. The zero-order chi connectivity index (χ0) is 13.5. The monoisotopic (exact) mass is 259 g/mol. The van der Waals surface area contributed by atoms with Crippen molar-refractivity contribution in [1.29, 1.82) is 0 Å². The number of ether oxygens (including phenoxy) is 1. The normalized spacial score (nSPS) is 18.0. The van der Waals surface area contributed by atoms with Gasteiger partial charge in [0.25, 0.3) is 0 Å². The fourth-order valence-corrected chi connectivity index (χ4v) is 3.19. The summed E-state index contributed by atoms with van der Waals surface area (Å²) in [5, 5.41) is 0. The lowest BCUT2D eigenvalue weighted by molar-refractivity contribution is 0.287. The number of methoxy groups -OCH3 is 1. The summed E-state index contributed by atoms with van der Waals surface area (Å²) in [7, 11) is 1.67. The molecule has 3 rings (SSSR count). The smallest absolute Gasteiger partial charge is 0.201 e. The number of hydrogen-bond acceptors (Lipinski definition) is 3. The molecule has 0 atom stereocenters. The van der Waals surface area contributed by atoms with Crippen molar-refractivity contribution in [3.8, 4) is 5.75 Å². The van der Waals surface area contributed by atoms with Crippen LogP contribution in [0, 0.1) is 5.41 Å². The summed E-state index contributed by atoms with van der Waals surface area (Å²) in [5.41, 5.74) is 8.47. The van der Waals surface area contributed by atoms with Gasteiger partial charge in [-0.1, -0.05) is 19.8 Å². The number of anilines is 1. The molecule has 1 aliphatic carbocycles. The molecule has 0 bridgehead atoms. The summed E-state index contributed by atoms with van der Waals surface area (Å²) < 4.78 is 7.39. The number of nitrogen functional groups attached to an aromatic ring is 1. The summed E-state index contributed by atoms with van der Waals surface area (Å²) in [6.07, 6.45) is 5.22. The molecular weight excluding hydrogens is 238 g/mol. The minimum atomic E-state index is 0.363. The fourth-order valence-electron chi connectivity index (χ4n) is 3.19. The molecule has 0 amide bonds. The molecule has 0 aliphatic heterocycles. The Labute approximate surface area is 113 Å². The molecule has 0 spiro atoms. The summed E-state index contributed by atoms with van der Waals surface area (Å²) >= 11 is 0. The van der Waals surface area contributed by atoms with Crippen molar-refractivity contribution in [2.75, 3.05) is 12.8 Å². The number of benzene rings is 1. The van der Waals surface area contributed by atoms with Gasteiger partial charge < -0.3 is 15.0 Å². The maximum atomic E-state index is 6.09. The van der Waals surface area contributed by atoms with Gasteiger partial charge >= 0.3 is 0 Å². The van der Waals surface area contributed by atoms with E-state index in [4.69, 9.17) is 10.5 Å². The molecule has 0 radical (unpaired) electrons. The van der Waals surface area contributed by atoms with Crippen LogP contribution in [0.1, 0.15) is 32.6 Å². The van der Waals surface area contributed by atoms with Crippen molar-refractivity contribution in [3.05, 3.63) is 18.2 Å². The van der Waals surface area contributed by atoms with E-state index in [2.05, 4.69) is 22.5 Å². The van der Waals surface area contributed by atoms with Crippen molar-refractivity contribution in [3.63, 3.8) is 0 Å². The predicted molar refractivity (Wildman–Crippen MR) is 77.3 cm³/mol. The van der Waals surface area contributed by atoms with Crippen molar-refractivity contribution in [2.24, 2.45) is 5.41 Å². The molecule has 4 nitrogen and oxygen atoms in total. The first kappa shape index (κ1) is 12.3. The van der Waals surface area contributed by atoms with Gasteiger partial charge in [-0.2, -0.15) is 0 Å². The molecule has 2 aromatic rings. The van der Waals surface area contributed by atoms with Crippen LogP contribution in [0.4, 0.5) is 5.95 Å². The number of nitrogens with zero attached hydrogens (tertiary/aromatic N) is 2. The van der Waals surface area contributed by atoms with Crippen molar-refractivity contribution >= 4 is 17.0 Å². The van der Waals surface area contributed by atoms with Gasteiger partial charge in [-0.05, 0) is 30.4 Å². The average Bonchev–Trinajstić information content (AvgIpc) is 2.95. The molecule has 4 heteroatoms. The zero-order valence-electron chi connectivity index (χ0n) is 11.6. The molecule has 1 aliphatic rings. The Kier molecular flexibility index (Phi) is 2.88. The van der Waals surface area contributed by atoms with E-state index in [1.54, 1.807) is 7.11 Å². The predicted octanol–water partition coefficient (Wildman–Crippen LogP) is 3.21. The minimum absolute atomic E-state index is 0.363. The first-order valence-corrected chi connectivity index (χ1v) is 6.91. The first-order valence-electron chi connectivity index (χ1n) is 6.91. The Morgan fingerprint density at radius 3 is 2.79 bits per heavy atom. The van der Waals surface area contributed by atoms with Crippen LogP contribution in [0.25, 0.3) is 11.0 Å². The van der Waals surface area contributed by atoms with Crippen LogP contribution < -0.4 is 10.5 Å². The maximum absolute atomic E-state index is 6.09. The van der Waals surface area contributed by atoms with E-state index < -0.39 is 0 Å². The van der Waals surface area contributed by atoms with Crippen molar-refractivity contribution < 1.29 is 4.74 Å². The molecule has 0 saturated heterocycles. The third-order valence-corrected chi connectivity index (χ3v) is 4.34. The molecule has 0 unspecified atom stereocenters. The lowest BCUT2D eigenvalue weighted by atomic mass is 9.89. The zero-order valence-corrected chi connectivity index (χ0v) is 11.6. The highest BCUT2D eigenvalue weighted by Gasteiger charge is 2.30. The van der Waals surface area contributed by atoms with Crippen molar-refractivity contribution in [2.45, 2.75) is 39.2 Å². The second kappa shape index (κ2) is 4.44. The number of nitrogens with two attached hydrogens (primary N) is 1. The Hall–Kier alpha value is -1.71. The summed E-state index contributed by atoms with van der Waals surface area (Å²) in [6, 6.07) is 5.96. The lowest BCUT2D eigenvalue weighted by Gasteiger charge is -2.24. The minimum Gasteiger partial charge on any atom is -0.497 e. The van der Waals surface area contributed by atoms with Gasteiger partial charge in [-0.3, -0.25) is 0 Å². The second-order valence-electron chi connectivity index (χ2n) is 5.93. The van der Waals surface area contributed by atoms with E-state index in [0.717, 1.165) is 23.3 Å². The number of fused-ring (bicyclic) bond motifs is 1. The molecule has 1 saturated carbocycles. The Balaban J connectivity index is 2.00. The number of imidazole rings is 1. The number of aromatic nitrogens is 2. The van der Waals surface area contributed by atoms with E-state index in [-0.39, 0.29) is 0 Å². The van der Waals surface area contributed by atoms with Crippen LogP contribution >= 0.6 is 0 Å². The molecule has 1 aromatic carbocycles. The SMILES string of the molecule is COc1ccc2c(c1)nc(N)n2CC1(C)CCCC1. The van der Waals surface area contributed by atoms with E-state index >= 15 is 0 Å². The quantitative estimate of drug-likeness (QED) is 0.920. The third-order valence-electron chi connectivity index (χ3n) is 4.34. The van der Waals surface area contributed by atoms with E-state index in [9.17, 15) is 0 Å². The van der Waals surface area contributed by atoms with Gasteiger partial charge in [0.1, 0.15) is 5.75 Å². The van der Waals surface area contributed by atoms with Gasteiger partial charge in [0.2, 0.25) is 5.95 Å². The van der Waals surface area contributed by atoms with Crippen LogP contribution in [0.15, 0.2) is 18.2 Å². The topological polar surface area (TPSA) is 53.1 Å². The van der Waals surface area contributed by atoms with Gasteiger partial charge in [-0.25, -0.2) is 4.98 Å². The highest BCUT2D eigenvalue weighted by molar-refractivity contribution is 5.79. The van der Waals surface area contributed by atoms with Crippen molar-refractivity contribution in [1.82, 2.24) is 9.55 Å². The maximum Gasteiger partial charge on any atom is 0.201 e. The standard InChI is InChI=1S/C15H21N3O/c1-15(7-3-4-8-15)10-18-13-6-5-11(19-2)9-12(13)17-14(18)16/h5-6,9H,3-4,7-8,10H2,1-2H3,(H2,16,17). The highest BCUT2D eigenvalue weighted by Crippen LogP contribution is 2.40. The number of hydrogen-bond donors (Lipinski definition) is 1.